The van der Waals surface area contributed by atoms with Crippen molar-refractivity contribution in [3.05, 3.63) is 83.9 Å². The molecule has 6 heteroatoms. The fraction of sp³-hybridized carbons (Fsp3) is 0.269. The van der Waals surface area contributed by atoms with E-state index in [2.05, 4.69) is 5.32 Å². The Labute approximate surface area is 186 Å². The van der Waals surface area contributed by atoms with Gasteiger partial charge >= 0.3 is 0 Å². The van der Waals surface area contributed by atoms with E-state index >= 15 is 0 Å². The summed E-state index contributed by atoms with van der Waals surface area (Å²) in [5.74, 6) is -0.616. The monoisotopic (exact) mass is 428 g/mol. The topological polar surface area (TPSA) is 75.7 Å². The molecule has 2 heterocycles. The van der Waals surface area contributed by atoms with Crippen LogP contribution in [0.25, 0.3) is 10.8 Å². The molecule has 162 valence electrons. The van der Waals surface area contributed by atoms with E-state index in [1.165, 1.54) is 0 Å². The van der Waals surface area contributed by atoms with Crippen LogP contribution in [0.4, 0.5) is 0 Å². The summed E-state index contributed by atoms with van der Waals surface area (Å²) in [6, 6.07) is 21.5. The maximum Gasteiger partial charge on any atom is 0.252 e. The lowest BCUT2D eigenvalue weighted by molar-refractivity contribution is -0.138. The first-order valence-corrected chi connectivity index (χ1v) is 10.9. The molecule has 3 unspecified atom stereocenters. The second kappa shape index (κ2) is 8.55. The van der Waals surface area contributed by atoms with Crippen molar-refractivity contribution in [3.8, 4) is 0 Å². The van der Waals surface area contributed by atoms with Crippen LogP contribution in [0.5, 0.6) is 0 Å². The number of benzene rings is 3. The van der Waals surface area contributed by atoms with Crippen molar-refractivity contribution < 1.29 is 19.1 Å². The lowest BCUT2D eigenvalue weighted by atomic mass is 10.0. The molecule has 0 spiro atoms. The Morgan fingerprint density at radius 2 is 1.75 bits per heavy atom. The molecular weight excluding hydrogens is 404 g/mol. The van der Waals surface area contributed by atoms with Gasteiger partial charge in [0.1, 0.15) is 18.7 Å². The van der Waals surface area contributed by atoms with E-state index in [1.54, 1.807) is 11.0 Å². The Bertz CT molecular complexity index is 1170. The minimum Gasteiger partial charge on any atom is -0.368 e. The van der Waals surface area contributed by atoms with E-state index in [4.69, 9.17) is 4.74 Å². The Balaban J connectivity index is 1.44. The zero-order chi connectivity index (χ0) is 22.1. The van der Waals surface area contributed by atoms with Gasteiger partial charge in [0.05, 0.1) is 6.10 Å². The van der Waals surface area contributed by atoms with Crippen LogP contribution >= 0.6 is 0 Å². The first kappa shape index (κ1) is 20.4. The van der Waals surface area contributed by atoms with Gasteiger partial charge < -0.3 is 15.0 Å². The molecule has 0 saturated carbocycles. The summed E-state index contributed by atoms with van der Waals surface area (Å²) < 4.78 is 5.54. The fourth-order valence-corrected chi connectivity index (χ4v) is 4.75. The van der Waals surface area contributed by atoms with Crippen molar-refractivity contribution in [2.24, 2.45) is 0 Å². The van der Waals surface area contributed by atoms with Gasteiger partial charge in [-0.15, -0.1) is 0 Å². The van der Waals surface area contributed by atoms with Gasteiger partial charge in [-0.2, -0.15) is 0 Å². The lowest BCUT2D eigenvalue weighted by Gasteiger charge is -2.28. The molecular formula is C26H24N2O4. The van der Waals surface area contributed by atoms with Crippen LogP contribution in [0.1, 0.15) is 22.3 Å². The molecule has 32 heavy (non-hydrogen) atoms. The SMILES string of the molecule is O=C(NC(Cc1ccccc1)C(=O)N1CCC2OCC(=O)C21)c1cccc2ccccc12. The highest BCUT2D eigenvalue weighted by Gasteiger charge is 2.48. The molecule has 5 rings (SSSR count). The van der Waals surface area contributed by atoms with Gasteiger partial charge in [-0.25, -0.2) is 0 Å². The van der Waals surface area contributed by atoms with Crippen LogP contribution in [0.3, 0.4) is 0 Å². The number of amides is 2. The van der Waals surface area contributed by atoms with Crippen LogP contribution in [0.15, 0.2) is 72.8 Å². The summed E-state index contributed by atoms with van der Waals surface area (Å²) in [5, 5.41) is 4.76. The van der Waals surface area contributed by atoms with Crippen molar-refractivity contribution in [1.29, 1.82) is 0 Å². The highest BCUT2D eigenvalue weighted by molar-refractivity contribution is 6.08. The highest BCUT2D eigenvalue weighted by Crippen LogP contribution is 2.28. The number of nitrogens with zero attached hydrogens (tertiary/aromatic N) is 1. The summed E-state index contributed by atoms with van der Waals surface area (Å²) in [7, 11) is 0. The van der Waals surface area contributed by atoms with E-state index in [9.17, 15) is 14.4 Å². The third-order valence-electron chi connectivity index (χ3n) is 6.32. The molecule has 0 bridgehead atoms. The molecule has 2 fully saturated rings. The normalized spacial score (nSPS) is 20.9. The van der Waals surface area contributed by atoms with Gasteiger partial charge in [-0.1, -0.05) is 66.7 Å². The van der Waals surface area contributed by atoms with E-state index in [0.29, 0.717) is 24.9 Å². The minimum absolute atomic E-state index is 0.0465. The van der Waals surface area contributed by atoms with Gasteiger partial charge in [-0.3, -0.25) is 14.4 Å². The van der Waals surface area contributed by atoms with Crippen LogP contribution in [-0.2, 0) is 20.7 Å². The first-order chi connectivity index (χ1) is 15.6. The summed E-state index contributed by atoms with van der Waals surface area (Å²) >= 11 is 0. The Morgan fingerprint density at radius 1 is 1.00 bits per heavy atom. The van der Waals surface area contributed by atoms with Gasteiger partial charge in [0.25, 0.3) is 5.91 Å². The maximum absolute atomic E-state index is 13.6. The third kappa shape index (κ3) is 3.78. The van der Waals surface area contributed by atoms with Crippen molar-refractivity contribution in [1.82, 2.24) is 10.2 Å². The average Bonchev–Trinajstić information content (AvgIpc) is 3.41. The van der Waals surface area contributed by atoms with Gasteiger partial charge in [-0.05, 0) is 28.8 Å². The molecule has 0 aliphatic carbocycles. The fourth-order valence-electron chi connectivity index (χ4n) is 4.75. The molecule has 3 aromatic rings. The number of ketones is 1. The second-order valence-corrected chi connectivity index (χ2v) is 8.32. The Kier molecular flexibility index (Phi) is 5.45. The number of hydrogen-bond acceptors (Lipinski definition) is 4. The van der Waals surface area contributed by atoms with Crippen LogP contribution in [0.2, 0.25) is 0 Å². The smallest absolute Gasteiger partial charge is 0.252 e. The van der Waals surface area contributed by atoms with Crippen molar-refractivity contribution in [2.45, 2.75) is 31.0 Å². The number of hydrogen-bond donors (Lipinski definition) is 1. The predicted molar refractivity (Wildman–Crippen MR) is 120 cm³/mol. The van der Waals surface area contributed by atoms with Crippen molar-refractivity contribution >= 4 is 28.4 Å². The summed E-state index contributed by atoms with van der Waals surface area (Å²) in [4.78, 5) is 40.8. The number of rotatable bonds is 5. The van der Waals surface area contributed by atoms with Crippen LogP contribution < -0.4 is 5.32 Å². The van der Waals surface area contributed by atoms with Crippen LogP contribution in [-0.4, -0.2) is 53.8 Å². The molecule has 1 N–H and O–H groups in total. The zero-order valence-corrected chi connectivity index (χ0v) is 17.6. The number of Topliss-reactive ketones (excluding diaryl/α,β-unsaturated/α-hetero) is 1. The average molecular weight is 428 g/mol. The highest BCUT2D eigenvalue weighted by atomic mass is 16.5. The van der Waals surface area contributed by atoms with Gasteiger partial charge in [0.15, 0.2) is 5.78 Å². The molecule has 0 aromatic heterocycles. The number of carbonyl (C=O) groups is 3. The van der Waals surface area contributed by atoms with Crippen molar-refractivity contribution in [3.63, 3.8) is 0 Å². The molecule has 3 aromatic carbocycles. The molecule has 0 radical (unpaired) electrons. The number of fused-ring (bicyclic) bond motifs is 2. The van der Waals surface area contributed by atoms with Crippen molar-refractivity contribution in [2.75, 3.05) is 13.2 Å². The number of carbonyl (C=O) groups excluding carboxylic acids is 3. The summed E-state index contributed by atoms with van der Waals surface area (Å²) in [6.45, 7) is 0.500. The van der Waals surface area contributed by atoms with E-state index in [-0.39, 0.29) is 30.3 Å². The summed E-state index contributed by atoms with van der Waals surface area (Å²) in [5.41, 5.74) is 1.46. The Morgan fingerprint density at radius 3 is 2.59 bits per heavy atom. The molecule has 6 nitrogen and oxygen atoms in total. The van der Waals surface area contributed by atoms with E-state index in [0.717, 1.165) is 16.3 Å². The molecule has 3 atom stereocenters. The number of likely N-dealkylation sites (tertiary alicyclic amines) is 1. The largest absolute Gasteiger partial charge is 0.368 e. The number of ether oxygens (including phenoxy) is 1. The predicted octanol–water partition coefficient (Wildman–Crippen LogP) is 2.75. The molecule has 2 amide bonds. The molecule has 2 aliphatic heterocycles. The first-order valence-electron chi connectivity index (χ1n) is 10.9. The molecule has 2 saturated heterocycles. The summed E-state index contributed by atoms with van der Waals surface area (Å²) in [6.07, 6.45) is 0.744. The third-order valence-corrected chi connectivity index (χ3v) is 6.32. The minimum atomic E-state index is -0.781. The van der Waals surface area contributed by atoms with Gasteiger partial charge in [0, 0.05) is 18.5 Å². The quantitative estimate of drug-likeness (QED) is 0.678. The molecule has 2 aliphatic rings. The van der Waals surface area contributed by atoms with Crippen LogP contribution in [0, 0.1) is 0 Å². The lowest BCUT2D eigenvalue weighted by Crippen LogP contribution is -2.53. The standard InChI is InChI=1S/C26H24N2O4/c29-22-16-32-23-13-14-28(24(22)23)26(31)21(15-17-7-2-1-3-8-17)27-25(30)20-12-6-10-18-9-4-5-11-19(18)20/h1-12,21,23-24H,13-16H2,(H,27,30). The van der Waals surface area contributed by atoms with E-state index in [1.807, 2.05) is 66.7 Å². The zero-order valence-electron chi connectivity index (χ0n) is 17.6. The Hall–Kier alpha value is -3.51. The van der Waals surface area contributed by atoms with E-state index < -0.39 is 12.1 Å². The second-order valence-electron chi connectivity index (χ2n) is 8.32. The maximum atomic E-state index is 13.6. The number of nitrogens with one attached hydrogen (secondary N) is 1. The van der Waals surface area contributed by atoms with Gasteiger partial charge in [0.2, 0.25) is 5.91 Å².